The van der Waals surface area contributed by atoms with E-state index in [1.54, 1.807) is 23.3 Å². The SMILES string of the molecule is CN(Cc1ccsc1)C(=O)CC1Sc2ccccc2NC1=O. The summed E-state index contributed by atoms with van der Waals surface area (Å²) < 4.78 is 0. The standard InChI is InChI=1S/C16H16N2O2S2/c1-18(9-11-6-7-21-10-11)15(19)8-14-16(20)17-12-4-2-3-5-13(12)22-14/h2-7,10,14H,8-9H2,1H3,(H,17,20). The monoisotopic (exact) mass is 332 g/mol. The molecule has 6 heteroatoms. The van der Waals surface area contributed by atoms with E-state index in [9.17, 15) is 9.59 Å². The number of para-hydroxylation sites is 1. The van der Waals surface area contributed by atoms with Gasteiger partial charge in [-0.15, -0.1) is 11.8 Å². The van der Waals surface area contributed by atoms with E-state index in [1.807, 2.05) is 41.1 Å². The molecule has 1 aromatic heterocycles. The normalized spacial score (nSPS) is 16.8. The molecule has 4 nitrogen and oxygen atoms in total. The molecule has 0 radical (unpaired) electrons. The highest BCUT2D eigenvalue weighted by Crippen LogP contribution is 2.36. The van der Waals surface area contributed by atoms with Crippen molar-refractivity contribution in [3.8, 4) is 0 Å². The van der Waals surface area contributed by atoms with Crippen LogP contribution < -0.4 is 5.32 Å². The van der Waals surface area contributed by atoms with Gasteiger partial charge in [0.2, 0.25) is 11.8 Å². The van der Waals surface area contributed by atoms with Crippen LogP contribution in [0, 0.1) is 0 Å². The number of hydrogen-bond donors (Lipinski definition) is 1. The third kappa shape index (κ3) is 3.34. The molecule has 1 N–H and O–H groups in total. The number of nitrogens with one attached hydrogen (secondary N) is 1. The van der Waals surface area contributed by atoms with Crippen molar-refractivity contribution in [1.82, 2.24) is 4.90 Å². The molecule has 1 aliphatic rings. The maximum Gasteiger partial charge on any atom is 0.238 e. The number of benzene rings is 1. The maximum atomic E-state index is 12.3. The van der Waals surface area contributed by atoms with E-state index in [4.69, 9.17) is 0 Å². The van der Waals surface area contributed by atoms with Gasteiger partial charge in [-0.3, -0.25) is 9.59 Å². The van der Waals surface area contributed by atoms with E-state index in [0.29, 0.717) is 6.54 Å². The number of anilines is 1. The van der Waals surface area contributed by atoms with Crippen LogP contribution >= 0.6 is 23.1 Å². The van der Waals surface area contributed by atoms with Crippen LogP contribution in [0.2, 0.25) is 0 Å². The zero-order chi connectivity index (χ0) is 15.5. The van der Waals surface area contributed by atoms with Crippen LogP contribution in [0.4, 0.5) is 5.69 Å². The molecule has 1 aliphatic heterocycles. The first kappa shape index (κ1) is 15.1. The fourth-order valence-corrected chi connectivity index (χ4v) is 4.05. The lowest BCUT2D eigenvalue weighted by atomic mass is 10.2. The van der Waals surface area contributed by atoms with Crippen LogP contribution in [0.25, 0.3) is 0 Å². The number of fused-ring (bicyclic) bond motifs is 1. The van der Waals surface area contributed by atoms with E-state index in [0.717, 1.165) is 16.1 Å². The second-order valence-electron chi connectivity index (χ2n) is 5.18. The molecule has 2 heterocycles. The summed E-state index contributed by atoms with van der Waals surface area (Å²) in [4.78, 5) is 27.2. The molecule has 0 spiro atoms. The Morgan fingerprint density at radius 3 is 2.91 bits per heavy atom. The number of rotatable bonds is 4. The summed E-state index contributed by atoms with van der Waals surface area (Å²) in [6, 6.07) is 9.67. The smallest absolute Gasteiger partial charge is 0.238 e. The lowest BCUT2D eigenvalue weighted by Crippen LogP contribution is -2.35. The summed E-state index contributed by atoms with van der Waals surface area (Å²) in [5.41, 5.74) is 1.94. The van der Waals surface area contributed by atoms with Gasteiger partial charge < -0.3 is 10.2 Å². The van der Waals surface area contributed by atoms with Gasteiger partial charge in [0.15, 0.2) is 0 Å². The Bertz CT molecular complexity index is 685. The van der Waals surface area contributed by atoms with Gasteiger partial charge in [-0.25, -0.2) is 0 Å². The summed E-state index contributed by atoms with van der Waals surface area (Å²) in [5, 5.41) is 6.53. The molecule has 22 heavy (non-hydrogen) atoms. The van der Waals surface area contributed by atoms with Crippen LogP contribution in [0.5, 0.6) is 0 Å². The van der Waals surface area contributed by atoms with Crippen molar-refractivity contribution in [3.05, 3.63) is 46.7 Å². The van der Waals surface area contributed by atoms with Gasteiger partial charge in [0.25, 0.3) is 0 Å². The highest BCUT2D eigenvalue weighted by molar-refractivity contribution is 8.01. The molecule has 0 fully saturated rings. The summed E-state index contributed by atoms with van der Waals surface area (Å²) in [6.07, 6.45) is 0.214. The number of carbonyl (C=O) groups is 2. The van der Waals surface area contributed by atoms with Gasteiger partial charge in [0.1, 0.15) is 0 Å². The van der Waals surface area contributed by atoms with Crippen LogP contribution in [-0.2, 0) is 16.1 Å². The van der Waals surface area contributed by atoms with Crippen molar-refractivity contribution in [3.63, 3.8) is 0 Å². The highest BCUT2D eigenvalue weighted by Gasteiger charge is 2.29. The minimum atomic E-state index is -0.368. The predicted molar refractivity (Wildman–Crippen MR) is 90.1 cm³/mol. The molecule has 1 aromatic carbocycles. The Morgan fingerprint density at radius 2 is 2.14 bits per heavy atom. The van der Waals surface area contributed by atoms with Crippen LogP contribution in [0.1, 0.15) is 12.0 Å². The summed E-state index contributed by atoms with van der Waals surface area (Å²) >= 11 is 3.08. The van der Waals surface area contributed by atoms with Gasteiger partial charge in [0, 0.05) is 24.9 Å². The topological polar surface area (TPSA) is 49.4 Å². The van der Waals surface area contributed by atoms with E-state index >= 15 is 0 Å². The molecule has 0 aliphatic carbocycles. The van der Waals surface area contributed by atoms with E-state index < -0.39 is 0 Å². The minimum absolute atomic E-state index is 0.0155. The lowest BCUT2D eigenvalue weighted by Gasteiger charge is -2.25. The first-order valence-corrected chi connectivity index (χ1v) is 8.77. The second-order valence-corrected chi connectivity index (χ2v) is 7.20. The Hall–Kier alpha value is -1.79. The Kier molecular flexibility index (Phi) is 4.49. The van der Waals surface area contributed by atoms with Crippen LogP contribution in [0.3, 0.4) is 0 Å². The van der Waals surface area contributed by atoms with Gasteiger partial charge >= 0.3 is 0 Å². The number of thioether (sulfide) groups is 1. The first-order valence-electron chi connectivity index (χ1n) is 6.95. The average molecular weight is 332 g/mol. The van der Waals surface area contributed by atoms with Crippen molar-refractivity contribution in [2.75, 3.05) is 12.4 Å². The van der Waals surface area contributed by atoms with Crippen molar-refractivity contribution in [2.45, 2.75) is 23.1 Å². The average Bonchev–Trinajstić information content (AvgIpc) is 3.00. The zero-order valence-corrected chi connectivity index (χ0v) is 13.7. The minimum Gasteiger partial charge on any atom is -0.341 e. The summed E-state index contributed by atoms with van der Waals surface area (Å²) in [7, 11) is 1.78. The zero-order valence-electron chi connectivity index (χ0n) is 12.1. The van der Waals surface area contributed by atoms with E-state index in [1.165, 1.54) is 11.8 Å². The molecule has 0 saturated carbocycles. The lowest BCUT2D eigenvalue weighted by molar-refractivity contribution is -0.131. The molecular weight excluding hydrogens is 316 g/mol. The number of carbonyl (C=O) groups excluding carboxylic acids is 2. The largest absolute Gasteiger partial charge is 0.341 e. The quantitative estimate of drug-likeness (QED) is 0.935. The van der Waals surface area contributed by atoms with Crippen molar-refractivity contribution >= 4 is 40.6 Å². The Labute approximate surface area is 137 Å². The summed E-state index contributed by atoms with van der Waals surface area (Å²) in [5.74, 6) is -0.112. The molecule has 1 unspecified atom stereocenters. The molecule has 1 atom stereocenters. The van der Waals surface area contributed by atoms with Gasteiger partial charge in [0.05, 0.1) is 10.9 Å². The molecule has 114 valence electrons. The third-order valence-electron chi connectivity index (χ3n) is 3.49. The van der Waals surface area contributed by atoms with Crippen molar-refractivity contribution in [1.29, 1.82) is 0 Å². The third-order valence-corrected chi connectivity index (χ3v) is 5.50. The Balaban J connectivity index is 1.63. The van der Waals surface area contributed by atoms with Crippen LogP contribution in [0.15, 0.2) is 46.0 Å². The molecule has 0 bridgehead atoms. The van der Waals surface area contributed by atoms with Gasteiger partial charge in [-0.2, -0.15) is 11.3 Å². The molecule has 3 rings (SSSR count). The first-order chi connectivity index (χ1) is 10.6. The molecule has 0 saturated heterocycles. The molecular formula is C16H16N2O2S2. The molecule has 2 aromatic rings. The summed E-state index contributed by atoms with van der Waals surface area (Å²) in [6.45, 7) is 0.581. The predicted octanol–water partition coefficient (Wildman–Crippen LogP) is 3.21. The molecule has 2 amide bonds. The van der Waals surface area contributed by atoms with Crippen molar-refractivity contribution in [2.24, 2.45) is 0 Å². The fourth-order valence-electron chi connectivity index (χ4n) is 2.29. The second kappa shape index (κ2) is 6.54. The number of hydrogen-bond acceptors (Lipinski definition) is 4. The van der Waals surface area contributed by atoms with Crippen LogP contribution in [-0.4, -0.2) is 29.0 Å². The Morgan fingerprint density at radius 1 is 1.32 bits per heavy atom. The maximum absolute atomic E-state index is 12.3. The van der Waals surface area contributed by atoms with E-state index in [2.05, 4.69) is 5.32 Å². The number of thiophene rings is 1. The van der Waals surface area contributed by atoms with E-state index in [-0.39, 0.29) is 23.5 Å². The fraction of sp³-hybridized carbons (Fsp3) is 0.250. The number of amides is 2. The van der Waals surface area contributed by atoms with Crippen molar-refractivity contribution < 1.29 is 9.59 Å². The highest BCUT2D eigenvalue weighted by atomic mass is 32.2. The van der Waals surface area contributed by atoms with Gasteiger partial charge in [-0.05, 0) is 34.5 Å². The number of nitrogens with zero attached hydrogens (tertiary/aromatic N) is 1. The van der Waals surface area contributed by atoms with Gasteiger partial charge in [-0.1, -0.05) is 12.1 Å².